The smallest absolute Gasteiger partial charge is 0.123 e. The van der Waals surface area contributed by atoms with Crippen molar-refractivity contribution in [3.05, 3.63) is 64.4 Å². The molecule has 0 amide bonds. The van der Waals surface area contributed by atoms with Crippen molar-refractivity contribution in [3.63, 3.8) is 0 Å². The highest BCUT2D eigenvalue weighted by atomic mass is 79.9. The van der Waals surface area contributed by atoms with E-state index >= 15 is 0 Å². The summed E-state index contributed by atoms with van der Waals surface area (Å²) in [6.45, 7) is 0. The lowest BCUT2D eigenvalue weighted by molar-refractivity contribution is 0.200. The minimum Gasteiger partial charge on any atom is -0.392 e. The van der Waals surface area contributed by atoms with Gasteiger partial charge in [-0.1, -0.05) is 34.1 Å². The van der Waals surface area contributed by atoms with Crippen molar-refractivity contribution in [1.29, 1.82) is 0 Å². The zero-order valence-electron chi connectivity index (χ0n) is 10.2. The summed E-state index contributed by atoms with van der Waals surface area (Å²) in [5, 5.41) is 9.97. The summed E-state index contributed by atoms with van der Waals surface area (Å²) in [7, 11) is 0. The highest BCUT2D eigenvalue weighted by Gasteiger charge is 2.07. The maximum absolute atomic E-state index is 13.0. The van der Waals surface area contributed by atoms with Crippen LogP contribution in [0.15, 0.2) is 57.9 Å². The van der Waals surface area contributed by atoms with Gasteiger partial charge in [-0.2, -0.15) is 0 Å². The van der Waals surface area contributed by atoms with Crippen molar-refractivity contribution in [3.8, 4) is 0 Å². The molecule has 0 bridgehead atoms. The van der Waals surface area contributed by atoms with E-state index in [1.807, 2.05) is 30.3 Å². The third-order valence-corrected chi connectivity index (χ3v) is 4.23. The normalized spacial score (nSPS) is 12.4. The van der Waals surface area contributed by atoms with E-state index in [-0.39, 0.29) is 5.82 Å². The molecule has 1 nitrogen and oxygen atoms in total. The highest BCUT2D eigenvalue weighted by molar-refractivity contribution is 9.10. The molecule has 0 heterocycles. The number of aliphatic hydroxyl groups excluding tert-OH is 1. The molecule has 2 rings (SSSR count). The first-order valence-electron chi connectivity index (χ1n) is 5.94. The van der Waals surface area contributed by atoms with Crippen LogP contribution < -0.4 is 0 Å². The van der Waals surface area contributed by atoms with Crippen molar-refractivity contribution in [1.82, 2.24) is 0 Å². The number of rotatable bonds is 5. The molecule has 0 saturated heterocycles. The molecule has 0 aromatic heterocycles. The van der Waals surface area contributed by atoms with Gasteiger partial charge in [-0.25, -0.2) is 4.39 Å². The van der Waals surface area contributed by atoms with E-state index in [2.05, 4.69) is 15.9 Å². The van der Waals surface area contributed by atoms with Crippen LogP contribution in [0.4, 0.5) is 4.39 Å². The lowest BCUT2D eigenvalue weighted by atomic mass is 10.1. The van der Waals surface area contributed by atoms with Gasteiger partial charge >= 0.3 is 0 Å². The van der Waals surface area contributed by atoms with Gasteiger partial charge in [-0.05, 0) is 42.3 Å². The molecule has 0 aliphatic rings. The van der Waals surface area contributed by atoms with Gasteiger partial charge in [0.1, 0.15) is 5.82 Å². The number of halogens is 2. The Kier molecular flexibility index (Phi) is 5.43. The molecule has 0 aliphatic heterocycles. The predicted molar refractivity (Wildman–Crippen MR) is 81.0 cm³/mol. The van der Waals surface area contributed by atoms with Crippen LogP contribution in [0.3, 0.4) is 0 Å². The van der Waals surface area contributed by atoms with E-state index in [1.165, 1.54) is 12.1 Å². The fourth-order valence-corrected chi connectivity index (χ4v) is 3.18. The standard InChI is InChI=1S/C15H14BrFOS/c16-12-4-2-6-15(9-12)19-10-14(18)8-11-3-1-5-13(17)7-11/h1-7,9,14,18H,8,10H2. The summed E-state index contributed by atoms with van der Waals surface area (Å²) in [6, 6.07) is 14.3. The van der Waals surface area contributed by atoms with Gasteiger partial charge < -0.3 is 5.11 Å². The average Bonchev–Trinajstić information content (AvgIpc) is 2.36. The molecule has 0 aliphatic carbocycles. The molecule has 4 heteroatoms. The first kappa shape index (κ1) is 14.6. The van der Waals surface area contributed by atoms with Crippen LogP contribution in [0.1, 0.15) is 5.56 Å². The Bertz CT molecular complexity index is 547. The topological polar surface area (TPSA) is 20.2 Å². The van der Waals surface area contributed by atoms with Crippen LogP contribution in [-0.2, 0) is 6.42 Å². The maximum atomic E-state index is 13.0. The summed E-state index contributed by atoms with van der Waals surface area (Å²) in [5.74, 6) is 0.330. The lowest BCUT2D eigenvalue weighted by Crippen LogP contribution is -2.13. The van der Waals surface area contributed by atoms with Crippen LogP contribution in [0.5, 0.6) is 0 Å². The lowest BCUT2D eigenvalue weighted by Gasteiger charge is -2.10. The van der Waals surface area contributed by atoms with Crippen LogP contribution in [0.25, 0.3) is 0 Å². The number of aliphatic hydroxyl groups is 1. The van der Waals surface area contributed by atoms with Gasteiger partial charge in [-0.15, -0.1) is 11.8 Å². The number of thioether (sulfide) groups is 1. The second kappa shape index (κ2) is 7.08. The van der Waals surface area contributed by atoms with Gasteiger partial charge in [0, 0.05) is 15.1 Å². The number of hydrogen-bond acceptors (Lipinski definition) is 2. The van der Waals surface area contributed by atoms with Crippen molar-refractivity contribution < 1.29 is 9.50 Å². The van der Waals surface area contributed by atoms with E-state index in [0.717, 1.165) is 14.9 Å². The molecule has 1 N–H and O–H groups in total. The Morgan fingerprint density at radius 2 is 1.95 bits per heavy atom. The van der Waals surface area contributed by atoms with Crippen LogP contribution in [0.2, 0.25) is 0 Å². The van der Waals surface area contributed by atoms with E-state index in [1.54, 1.807) is 17.8 Å². The van der Waals surface area contributed by atoms with E-state index in [4.69, 9.17) is 0 Å². The van der Waals surface area contributed by atoms with Crippen molar-refractivity contribution in [2.24, 2.45) is 0 Å². The fourth-order valence-electron chi connectivity index (χ4n) is 1.74. The zero-order chi connectivity index (χ0) is 13.7. The molecule has 0 radical (unpaired) electrons. The maximum Gasteiger partial charge on any atom is 0.123 e. The molecule has 0 saturated carbocycles. The Morgan fingerprint density at radius 1 is 1.16 bits per heavy atom. The molecular weight excluding hydrogens is 327 g/mol. The van der Waals surface area contributed by atoms with E-state index in [9.17, 15) is 9.50 Å². The molecule has 19 heavy (non-hydrogen) atoms. The highest BCUT2D eigenvalue weighted by Crippen LogP contribution is 2.23. The van der Waals surface area contributed by atoms with Gasteiger partial charge in [0.2, 0.25) is 0 Å². The SMILES string of the molecule is OC(CSc1cccc(Br)c1)Cc1cccc(F)c1. The second-order valence-electron chi connectivity index (χ2n) is 4.26. The van der Waals surface area contributed by atoms with Crippen molar-refractivity contribution in [2.45, 2.75) is 17.4 Å². The quantitative estimate of drug-likeness (QED) is 0.819. The average molecular weight is 341 g/mol. The summed E-state index contributed by atoms with van der Waals surface area (Å²) in [6.07, 6.45) is -0.00976. The molecule has 0 fully saturated rings. The van der Waals surface area contributed by atoms with Crippen molar-refractivity contribution >= 4 is 27.7 Å². The summed E-state index contributed by atoms with van der Waals surface area (Å²) < 4.78 is 14.0. The largest absolute Gasteiger partial charge is 0.392 e. The first-order chi connectivity index (χ1) is 9.13. The Balaban J connectivity index is 1.86. The zero-order valence-corrected chi connectivity index (χ0v) is 12.6. The second-order valence-corrected chi connectivity index (χ2v) is 6.27. The molecule has 100 valence electrons. The molecule has 1 unspecified atom stereocenters. The van der Waals surface area contributed by atoms with Gasteiger partial charge in [0.25, 0.3) is 0 Å². The van der Waals surface area contributed by atoms with E-state index in [0.29, 0.717) is 12.2 Å². The van der Waals surface area contributed by atoms with E-state index < -0.39 is 6.10 Å². The van der Waals surface area contributed by atoms with Crippen LogP contribution >= 0.6 is 27.7 Å². The Labute approximate surface area is 125 Å². The fraction of sp³-hybridized carbons (Fsp3) is 0.200. The molecule has 2 aromatic carbocycles. The third-order valence-electron chi connectivity index (χ3n) is 2.60. The summed E-state index contributed by atoms with van der Waals surface area (Å²) in [5.41, 5.74) is 0.822. The van der Waals surface area contributed by atoms with Gasteiger partial charge in [0.15, 0.2) is 0 Å². The molecule has 2 aromatic rings. The molecule has 0 spiro atoms. The molecular formula is C15H14BrFOS. The monoisotopic (exact) mass is 340 g/mol. The first-order valence-corrected chi connectivity index (χ1v) is 7.72. The number of benzene rings is 2. The summed E-state index contributed by atoms with van der Waals surface area (Å²) >= 11 is 5.01. The minimum atomic E-state index is -0.481. The van der Waals surface area contributed by atoms with Gasteiger partial charge in [-0.3, -0.25) is 0 Å². The minimum absolute atomic E-state index is 0.260. The van der Waals surface area contributed by atoms with Crippen molar-refractivity contribution in [2.75, 3.05) is 5.75 Å². The van der Waals surface area contributed by atoms with Gasteiger partial charge in [0.05, 0.1) is 6.10 Å². The Hall–Kier alpha value is -0.840. The predicted octanol–water partition coefficient (Wildman–Crippen LogP) is 4.28. The van der Waals surface area contributed by atoms with Crippen LogP contribution in [0, 0.1) is 5.82 Å². The molecule has 1 atom stereocenters. The third kappa shape index (κ3) is 4.97. The number of hydrogen-bond donors (Lipinski definition) is 1. The van der Waals surface area contributed by atoms with Crippen LogP contribution in [-0.4, -0.2) is 17.0 Å². The Morgan fingerprint density at radius 3 is 2.68 bits per heavy atom. The summed E-state index contributed by atoms with van der Waals surface area (Å²) in [4.78, 5) is 1.10.